The molecule has 38 heavy (non-hydrogen) atoms. The van der Waals surface area contributed by atoms with Gasteiger partial charge in [-0.05, 0) is 36.5 Å². The fraction of sp³-hybridized carbons (Fsp3) is 0.500. The van der Waals surface area contributed by atoms with E-state index in [1.807, 2.05) is 0 Å². The Bertz CT molecular complexity index is 1010. The summed E-state index contributed by atoms with van der Waals surface area (Å²) in [5.41, 5.74) is 6.29. The van der Waals surface area contributed by atoms with E-state index in [-0.39, 0.29) is 37.4 Å². The molecule has 0 aliphatic rings. The lowest BCUT2D eigenvalue weighted by atomic mass is 10.00. The molecule has 0 heterocycles. The highest BCUT2D eigenvalue weighted by Gasteiger charge is 2.31. The van der Waals surface area contributed by atoms with Crippen LogP contribution in [-0.4, -0.2) is 80.2 Å². The first-order chi connectivity index (χ1) is 17.7. The van der Waals surface area contributed by atoms with Crippen molar-refractivity contribution in [2.75, 3.05) is 0 Å². The smallest absolute Gasteiger partial charge is 0.326 e. The summed E-state index contributed by atoms with van der Waals surface area (Å²) >= 11 is 0. The Kier molecular flexibility index (Phi) is 12.7. The van der Waals surface area contributed by atoms with E-state index in [0.29, 0.717) is 5.56 Å². The zero-order valence-electron chi connectivity index (χ0n) is 21.0. The third-order valence-corrected chi connectivity index (χ3v) is 5.35. The van der Waals surface area contributed by atoms with Crippen LogP contribution in [0.2, 0.25) is 0 Å². The molecule has 0 saturated carbocycles. The minimum atomic E-state index is -1.73. The van der Waals surface area contributed by atoms with Crippen molar-refractivity contribution in [3.05, 3.63) is 29.8 Å². The second-order valence-electron chi connectivity index (χ2n) is 9.16. The number of carboxylic acids is 3. The summed E-state index contributed by atoms with van der Waals surface area (Å²) in [6, 6.07) is 0.247. The van der Waals surface area contributed by atoms with Crippen LogP contribution in [-0.2, 0) is 35.2 Å². The van der Waals surface area contributed by atoms with Crippen LogP contribution in [0, 0.1) is 5.92 Å². The summed E-state index contributed by atoms with van der Waals surface area (Å²) in [4.78, 5) is 71.8. The summed E-state index contributed by atoms with van der Waals surface area (Å²) in [6.45, 7) is 3.49. The fourth-order valence-electron chi connectivity index (χ4n) is 3.39. The Balaban J connectivity index is 3.14. The Morgan fingerprint density at radius 1 is 0.789 bits per heavy atom. The monoisotopic (exact) mass is 538 g/mol. The molecule has 0 aromatic heterocycles. The molecule has 0 spiro atoms. The van der Waals surface area contributed by atoms with Gasteiger partial charge in [-0.15, -0.1) is 0 Å². The van der Waals surface area contributed by atoms with Crippen molar-refractivity contribution in [1.29, 1.82) is 0 Å². The largest absolute Gasteiger partial charge is 0.508 e. The van der Waals surface area contributed by atoms with Crippen molar-refractivity contribution in [2.24, 2.45) is 11.7 Å². The number of aromatic hydroxyl groups is 1. The van der Waals surface area contributed by atoms with Gasteiger partial charge in [0.05, 0.1) is 12.5 Å². The molecule has 1 rings (SSSR count). The molecule has 4 atom stereocenters. The fourth-order valence-corrected chi connectivity index (χ4v) is 3.39. The molecule has 14 heteroatoms. The Morgan fingerprint density at radius 2 is 1.32 bits per heavy atom. The van der Waals surface area contributed by atoms with Gasteiger partial charge < -0.3 is 42.1 Å². The molecule has 4 unspecified atom stereocenters. The predicted molar refractivity (Wildman–Crippen MR) is 132 cm³/mol. The molecule has 1 aromatic rings. The van der Waals surface area contributed by atoms with E-state index in [1.165, 1.54) is 24.3 Å². The minimum absolute atomic E-state index is 0.0301. The zero-order valence-corrected chi connectivity index (χ0v) is 21.0. The van der Waals surface area contributed by atoms with Crippen LogP contribution in [0.5, 0.6) is 5.75 Å². The molecule has 0 bridgehead atoms. The lowest BCUT2D eigenvalue weighted by Crippen LogP contribution is -2.58. The van der Waals surface area contributed by atoms with Crippen LogP contribution in [0.15, 0.2) is 24.3 Å². The van der Waals surface area contributed by atoms with Gasteiger partial charge in [0.15, 0.2) is 0 Å². The first-order valence-electron chi connectivity index (χ1n) is 11.8. The number of phenolic OH excluding ortho intramolecular Hbond substituents is 1. The van der Waals surface area contributed by atoms with Gasteiger partial charge >= 0.3 is 17.9 Å². The third-order valence-electron chi connectivity index (χ3n) is 5.35. The van der Waals surface area contributed by atoms with E-state index in [0.717, 1.165) is 0 Å². The number of hydrogen-bond donors (Lipinski definition) is 8. The number of hydrogen-bond acceptors (Lipinski definition) is 8. The number of aliphatic carboxylic acids is 3. The molecule has 14 nitrogen and oxygen atoms in total. The number of rotatable bonds is 16. The topological polar surface area (TPSA) is 245 Å². The molecule has 0 radical (unpaired) electrons. The normalized spacial score (nSPS) is 14.0. The van der Waals surface area contributed by atoms with Crippen molar-refractivity contribution in [1.82, 2.24) is 16.0 Å². The molecule has 0 saturated heterocycles. The average molecular weight is 539 g/mol. The van der Waals surface area contributed by atoms with Gasteiger partial charge in [-0.1, -0.05) is 26.0 Å². The standard InChI is InChI=1S/C24H34N4O10/c1-12(2)9-16(22(35)28-18(24(37)38)11-20(32)33)27-23(36)17(10-13-3-5-14(29)6-4-13)26-21(34)15(25)7-8-19(30)31/h3-6,12,15-18,29H,7-11,25H2,1-2H3,(H,26,34)(H,27,36)(H,28,35)(H,30,31)(H,32,33)(H,37,38). The lowest BCUT2D eigenvalue weighted by Gasteiger charge is -2.26. The van der Waals surface area contributed by atoms with Crippen LogP contribution in [0.25, 0.3) is 0 Å². The summed E-state index contributed by atoms with van der Waals surface area (Å²) < 4.78 is 0. The zero-order chi connectivity index (χ0) is 29.0. The second kappa shape index (κ2) is 15.1. The maximum absolute atomic E-state index is 13.2. The highest BCUT2D eigenvalue weighted by molar-refractivity contribution is 5.94. The number of carboxylic acid groups (broad SMARTS) is 3. The number of phenols is 1. The minimum Gasteiger partial charge on any atom is -0.508 e. The quantitative estimate of drug-likeness (QED) is 0.129. The van der Waals surface area contributed by atoms with Gasteiger partial charge in [-0.2, -0.15) is 0 Å². The van der Waals surface area contributed by atoms with Crippen molar-refractivity contribution in [2.45, 2.75) is 70.1 Å². The van der Waals surface area contributed by atoms with Gasteiger partial charge in [-0.3, -0.25) is 24.0 Å². The van der Waals surface area contributed by atoms with Crippen molar-refractivity contribution in [3.8, 4) is 5.75 Å². The van der Waals surface area contributed by atoms with Gasteiger partial charge in [-0.25, -0.2) is 4.79 Å². The van der Waals surface area contributed by atoms with Crippen molar-refractivity contribution >= 4 is 35.6 Å². The number of nitrogens with one attached hydrogen (secondary N) is 3. The van der Waals surface area contributed by atoms with E-state index in [4.69, 9.17) is 15.9 Å². The number of benzene rings is 1. The van der Waals surface area contributed by atoms with Gasteiger partial charge in [0.1, 0.15) is 23.9 Å². The van der Waals surface area contributed by atoms with Crippen molar-refractivity contribution in [3.63, 3.8) is 0 Å². The van der Waals surface area contributed by atoms with Crippen LogP contribution in [0.1, 0.15) is 45.1 Å². The summed E-state index contributed by atoms with van der Waals surface area (Å²) in [5, 5.41) is 43.5. The molecule has 1 aromatic carbocycles. The van der Waals surface area contributed by atoms with E-state index in [1.54, 1.807) is 13.8 Å². The Labute approximate surface area is 218 Å². The molecule has 0 aliphatic heterocycles. The third kappa shape index (κ3) is 11.7. The number of carbonyl (C=O) groups is 6. The first-order valence-corrected chi connectivity index (χ1v) is 11.8. The maximum Gasteiger partial charge on any atom is 0.326 e. The highest BCUT2D eigenvalue weighted by atomic mass is 16.4. The molecular formula is C24H34N4O10. The van der Waals surface area contributed by atoms with Crippen LogP contribution >= 0.6 is 0 Å². The van der Waals surface area contributed by atoms with E-state index in [9.17, 15) is 39.0 Å². The van der Waals surface area contributed by atoms with Crippen molar-refractivity contribution < 1.29 is 49.2 Å². The van der Waals surface area contributed by atoms with Gasteiger partial charge in [0.25, 0.3) is 0 Å². The molecule has 0 aliphatic carbocycles. The molecule has 0 fully saturated rings. The number of nitrogens with two attached hydrogens (primary N) is 1. The summed E-state index contributed by atoms with van der Waals surface area (Å²) in [7, 11) is 0. The number of amides is 3. The predicted octanol–water partition coefficient (Wildman–Crippen LogP) is -0.813. The van der Waals surface area contributed by atoms with Gasteiger partial charge in [0.2, 0.25) is 17.7 Å². The van der Waals surface area contributed by atoms with Crippen LogP contribution in [0.3, 0.4) is 0 Å². The number of carbonyl (C=O) groups excluding carboxylic acids is 3. The van der Waals surface area contributed by atoms with Crippen LogP contribution in [0.4, 0.5) is 0 Å². The molecule has 210 valence electrons. The second-order valence-corrected chi connectivity index (χ2v) is 9.16. The Morgan fingerprint density at radius 3 is 1.82 bits per heavy atom. The molecule has 3 amide bonds. The highest BCUT2D eigenvalue weighted by Crippen LogP contribution is 2.13. The van der Waals surface area contributed by atoms with E-state index < -0.39 is 66.2 Å². The van der Waals surface area contributed by atoms with Gasteiger partial charge in [0, 0.05) is 12.8 Å². The Hall–Kier alpha value is -4.20. The van der Waals surface area contributed by atoms with E-state index >= 15 is 0 Å². The first kappa shape index (κ1) is 31.8. The maximum atomic E-state index is 13.2. The summed E-state index contributed by atoms with van der Waals surface area (Å²) in [5.74, 6) is -6.89. The van der Waals surface area contributed by atoms with E-state index in [2.05, 4.69) is 16.0 Å². The SMILES string of the molecule is CC(C)CC(NC(=O)C(Cc1ccc(O)cc1)NC(=O)C(N)CCC(=O)O)C(=O)NC(CC(=O)O)C(=O)O. The van der Waals surface area contributed by atoms with Crippen LogP contribution < -0.4 is 21.7 Å². The lowest BCUT2D eigenvalue weighted by molar-refractivity contribution is -0.147. The molecular weight excluding hydrogens is 504 g/mol. The average Bonchev–Trinajstić information content (AvgIpc) is 2.81. The summed E-state index contributed by atoms with van der Waals surface area (Å²) in [6.07, 6.45) is -1.46. The molecule has 9 N–H and O–H groups in total.